The summed E-state index contributed by atoms with van der Waals surface area (Å²) in [5.74, 6) is 0. The van der Waals surface area contributed by atoms with Crippen molar-refractivity contribution >= 4 is 55.8 Å². The van der Waals surface area contributed by atoms with Crippen molar-refractivity contribution in [1.29, 1.82) is 0 Å². The topological polar surface area (TPSA) is 12.9 Å². The van der Waals surface area contributed by atoms with Crippen LogP contribution in [0.3, 0.4) is 0 Å². The van der Waals surface area contributed by atoms with Crippen molar-refractivity contribution in [2.24, 2.45) is 0 Å². The van der Waals surface area contributed by atoms with Crippen molar-refractivity contribution in [2.75, 3.05) is 0 Å². The molecule has 1 aliphatic rings. The van der Waals surface area contributed by atoms with E-state index in [4.69, 9.17) is 4.98 Å². The number of hydrogen-bond donors (Lipinski definition) is 0. The third-order valence-electron chi connectivity index (χ3n) is 8.52. The van der Waals surface area contributed by atoms with E-state index in [2.05, 4.69) is 152 Å². The van der Waals surface area contributed by atoms with E-state index in [1.54, 1.807) is 0 Å². The zero-order valence-corrected chi connectivity index (χ0v) is 25.3. The maximum absolute atomic E-state index is 5.18. The first-order chi connectivity index (χ1) is 21.8. The zero-order chi connectivity index (χ0) is 29.0. The van der Waals surface area contributed by atoms with Gasteiger partial charge in [0.2, 0.25) is 0 Å². The van der Waals surface area contributed by atoms with Crippen LogP contribution in [0.4, 0.5) is 0 Å². The largest absolute Gasteiger partial charge is 0.248 e. The van der Waals surface area contributed by atoms with Gasteiger partial charge in [-0.2, -0.15) is 0 Å². The smallest absolute Gasteiger partial charge is 0.0709 e. The molecule has 44 heavy (non-hydrogen) atoms. The highest BCUT2D eigenvalue weighted by Gasteiger charge is 2.18. The molecule has 0 fully saturated rings. The first kappa shape index (κ1) is 25.6. The summed E-state index contributed by atoms with van der Waals surface area (Å²) in [7, 11) is 0. The molecular formula is C41H25NS2. The molecule has 0 aliphatic carbocycles. The number of benzene rings is 7. The summed E-state index contributed by atoms with van der Waals surface area (Å²) >= 11 is 3.69. The summed E-state index contributed by atoms with van der Waals surface area (Å²) in [6.45, 7) is 0. The van der Waals surface area contributed by atoms with E-state index in [0.29, 0.717) is 0 Å². The Bertz CT molecular complexity index is 2370. The molecule has 1 aromatic heterocycles. The van der Waals surface area contributed by atoms with E-state index in [1.165, 1.54) is 63.0 Å². The van der Waals surface area contributed by atoms with E-state index in [1.807, 2.05) is 23.5 Å². The van der Waals surface area contributed by atoms with Crippen LogP contribution in [0.1, 0.15) is 0 Å². The predicted molar refractivity (Wildman–Crippen MR) is 188 cm³/mol. The lowest BCUT2D eigenvalue weighted by Gasteiger charge is -2.18. The van der Waals surface area contributed by atoms with E-state index >= 15 is 0 Å². The highest BCUT2D eigenvalue weighted by molar-refractivity contribution is 8.05. The van der Waals surface area contributed by atoms with Crippen LogP contribution in [0.5, 0.6) is 0 Å². The number of rotatable bonds is 3. The molecule has 0 saturated heterocycles. The Hall–Kier alpha value is -4.83. The quantitative estimate of drug-likeness (QED) is 0.189. The molecule has 2 heterocycles. The molecule has 0 radical (unpaired) electrons. The summed E-state index contributed by atoms with van der Waals surface area (Å²) in [6.07, 6.45) is 0. The van der Waals surface area contributed by atoms with Crippen LogP contribution in [0.2, 0.25) is 0 Å². The summed E-state index contributed by atoms with van der Waals surface area (Å²) in [5.41, 5.74) is 6.72. The molecule has 7 aromatic carbocycles. The van der Waals surface area contributed by atoms with Crippen LogP contribution in [0.15, 0.2) is 171 Å². The number of hydrogen-bond acceptors (Lipinski definition) is 3. The van der Waals surface area contributed by atoms with Crippen LogP contribution < -0.4 is 0 Å². The Morgan fingerprint density at radius 2 is 0.795 bits per heavy atom. The predicted octanol–water partition coefficient (Wildman–Crippen LogP) is 12.2. The van der Waals surface area contributed by atoms with Gasteiger partial charge in [0.1, 0.15) is 0 Å². The lowest BCUT2D eigenvalue weighted by atomic mass is 9.91. The van der Waals surface area contributed by atoms with Gasteiger partial charge in [0.25, 0.3) is 0 Å². The minimum atomic E-state index is 0.984. The monoisotopic (exact) mass is 595 g/mol. The van der Waals surface area contributed by atoms with Gasteiger partial charge in [0.05, 0.1) is 11.4 Å². The molecule has 0 unspecified atom stereocenters. The van der Waals surface area contributed by atoms with Crippen molar-refractivity contribution in [3.05, 3.63) is 152 Å². The fourth-order valence-corrected chi connectivity index (χ4v) is 8.62. The van der Waals surface area contributed by atoms with Crippen LogP contribution in [0, 0.1) is 0 Å². The second-order valence-corrected chi connectivity index (χ2v) is 13.3. The zero-order valence-electron chi connectivity index (χ0n) is 23.7. The van der Waals surface area contributed by atoms with Crippen molar-refractivity contribution in [2.45, 2.75) is 19.6 Å². The molecule has 0 bridgehead atoms. The fourth-order valence-electron chi connectivity index (χ4n) is 6.37. The van der Waals surface area contributed by atoms with Gasteiger partial charge in [-0.15, -0.1) is 0 Å². The highest BCUT2D eigenvalue weighted by atomic mass is 32.2. The Kier molecular flexibility index (Phi) is 6.07. The molecule has 206 valence electrons. The van der Waals surface area contributed by atoms with E-state index in [0.717, 1.165) is 22.5 Å². The maximum atomic E-state index is 5.18. The van der Waals surface area contributed by atoms with Crippen LogP contribution in [0.25, 0.3) is 66.0 Å². The molecule has 0 amide bonds. The number of pyridine rings is 1. The van der Waals surface area contributed by atoms with Crippen LogP contribution in [-0.4, -0.2) is 4.98 Å². The molecule has 0 atom stereocenters. The molecule has 1 nitrogen and oxygen atoms in total. The van der Waals surface area contributed by atoms with E-state index in [-0.39, 0.29) is 0 Å². The normalized spacial score (nSPS) is 12.4. The number of nitrogens with zero attached hydrogens (tertiary/aromatic N) is 1. The molecule has 0 saturated carbocycles. The number of aromatic nitrogens is 1. The van der Waals surface area contributed by atoms with Gasteiger partial charge in [-0.05, 0) is 92.0 Å². The first-order valence-corrected chi connectivity index (χ1v) is 16.4. The molecular weight excluding hydrogens is 571 g/mol. The molecule has 9 rings (SSSR count). The molecule has 0 N–H and O–H groups in total. The summed E-state index contributed by atoms with van der Waals surface area (Å²) in [5, 5.41) is 7.63. The van der Waals surface area contributed by atoms with Crippen molar-refractivity contribution in [1.82, 2.24) is 4.98 Å². The van der Waals surface area contributed by atoms with Gasteiger partial charge in [-0.3, -0.25) is 0 Å². The second kappa shape index (κ2) is 10.4. The lowest BCUT2D eigenvalue weighted by molar-refractivity contribution is 1.15. The molecule has 8 aromatic rings. The van der Waals surface area contributed by atoms with E-state index < -0.39 is 0 Å². The van der Waals surface area contributed by atoms with Gasteiger partial charge < -0.3 is 0 Å². The van der Waals surface area contributed by atoms with Crippen molar-refractivity contribution in [3.63, 3.8) is 0 Å². The molecule has 1 aliphatic heterocycles. The van der Waals surface area contributed by atoms with Gasteiger partial charge in [-0.25, -0.2) is 4.98 Å². The first-order valence-electron chi connectivity index (χ1n) is 14.8. The SMILES string of the molecule is c1ccc(-c2ccc3c4ccc(-c5cccc(-c6ccc7c(c6)Sc6ccccc6S7)n5)cc4c4ccccc4c3c2)cc1. The standard InChI is InChI=1S/C41H25NS2/c1-2-9-26(10-3-1)27-17-20-32-33-21-18-28(24-35(33)31-12-5-4-11-30(31)34(32)23-27)36-13-8-14-37(42-36)29-19-22-40-41(25-29)44-39-16-7-6-15-38(39)43-40/h1-25H. The Balaban J connectivity index is 1.14. The number of fused-ring (bicyclic) bond motifs is 8. The van der Waals surface area contributed by atoms with Gasteiger partial charge >= 0.3 is 0 Å². The minimum absolute atomic E-state index is 0.984. The summed E-state index contributed by atoms with van der Waals surface area (Å²) in [6, 6.07) is 54.9. The highest BCUT2D eigenvalue weighted by Crippen LogP contribution is 2.49. The average Bonchev–Trinajstić information content (AvgIpc) is 3.10. The third-order valence-corrected chi connectivity index (χ3v) is 11.1. The Labute approximate surface area is 264 Å². The maximum Gasteiger partial charge on any atom is 0.0709 e. The third kappa shape index (κ3) is 4.31. The minimum Gasteiger partial charge on any atom is -0.248 e. The average molecular weight is 596 g/mol. The lowest BCUT2D eigenvalue weighted by Crippen LogP contribution is -1.92. The van der Waals surface area contributed by atoms with Gasteiger partial charge in [-0.1, -0.05) is 127 Å². The van der Waals surface area contributed by atoms with Crippen LogP contribution >= 0.6 is 23.5 Å². The van der Waals surface area contributed by atoms with Gasteiger partial charge in [0.15, 0.2) is 0 Å². The fraction of sp³-hybridized carbons (Fsp3) is 0. The van der Waals surface area contributed by atoms with E-state index in [9.17, 15) is 0 Å². The van der Waals surface area contributed by atoms with Gasteiger partial charge in [0, 0.05) is 30.7 Å². The Morgan fingerprint density at radius 3 is 1.50 bits per heavy atom. The summed E-state index contributed by atoms with van der Waals surface area (Å²) in [4.78, 5) is 10.4. The van der Waals surface area contributed by atoms with Crippen LogP contribution in [-0.2, 0) is 0 Å². The second-order valence-electron chi connectivity index (χ2n) is 11.2. The molecule has 0 spiro atoms. The Morgan fingerprint density at radius 1 is 0.295 bits per heavy atom. The summed E-state index contributed by atoms with van der Waals surface area (Å²) < 4.78 is 0. The molecule has 3 heteroatoms. The van der Waals surface area contributed by atoms with Crippen molar-refractivity contribution in [3.8, 4) is 33.6 Å². The van der Waals surface area contributed by atoms with Crippen molar-refractivity contribution < 1.29 is 0 Å².